The lowest BCUT2D eigenvalue weighted by molar-refractivity contribution is 0.671. The molecule has 0 unspecified atom stereocenters. The predicted octanol–water partition coefficient (Wildman–Crippen LogP) is 2.67. The lowest BCUT2D eigenvalue weighted by Crippen LogP contribution is -1.74. The van der Waals surface area contributed by atoms with Crippen molar-refractivity contribution in [3.8, 4) is 6.07 Å². The standard InChI is InChI=1S/C7H5ClFN/c1-5(4-10)7(8)3-6(2)9/h3H,1-2H2/b7-3+. The molecule has 3 heteroatoms. The summed E-state index contributed by atoms with van der Waals surface area (Å²) >= 11 is 5.36. The number of halogens is 2. The summed E-state index contributed by atoms with van der Waals surface area (Å²) in [5.74, 6) is -0.693. The highest BCUT2D eigenvalue weighted by atomic mass is 35.5. The van der Waals surface area contributed by atoms with E-state index < -0.39 is 5.83 Å². The molecule has 0 N–H and O–H groups in total. The highest BCUT2D eigenvalue weighted by Crippen LogP contribution is 2.13. The topological polar surface area (TPSA) is 23.8 Å². The largest absolute Gasteiger partial charge is 0.208 e. The number of nitrogens with zero attached hydrogens (tertiary/aromatic N) is 1. The van der Waals surface area contributed by atoms with Crippen molar-refractivity contribution in [2.24, 2.45) is 0 Å². The smallest absolute Gasteiger partial charge is 0.117 e. The van der Waals surface area contributed by atoms with Crippen LogP contribution in [0.4, 0.5) is 4.39 Å². The average Bonchev–Trinajstić information content (AvgIpc) is 1.85. The molecule has 0 rings (SSSR count). The van der Waals surface area contributed by atoms with Gasteiger partial charge in [-0.05, 0) is 6.08 Å². The van der Waals surface area contributed by atoms with E-state index in [2.05, 4.69) is 13.2 Å². The van der Waals surface area contributed by atoms with E-state index in [4.69, 9.17) is 16.9 Å². The van der Waals surface area contributed by atoms with Crippen LogP contribution in [0, 0.1) is 11.3 Å². The van der Waals surface area contributed by atoms with E-state index in [1.165, 1.54) is 0 Å². The van der Waals surface area contributed by atoms with Crippen LogP contribution < -0.4 is 0 Å². The first kappa shape index (κ1) is 8.93. The Morgan fingerprint density at radius 1 is 1.60 bits per heavy atom. The molecule has 0 atom stereocenters. The monoisotopic (exact) mass is 157 g/mol. The van der Waals surface area contributed by atoms with Crippen molar-refractivity contribution < 1.29 is 4.39 Å². The Morgan fingerprint density at radius 3 is 2.40 bits per heavy atom. The van der Waals surface area contributed by atoms with Crippen LogP contribution in [-0.4, -0.2) is 0 Å². The van der Waals surface area contributed by atoms with Gasteiger partial charge >= 0.3 is 0 Å². The molecule has 0 aromatic rings. The zero-order valence-electron chi connectivity index (χ0n) is 5.19. The summed E-state index contributed by atoms with van der Waals surface area (Å²) in [5.41, 5.74) is 0.0282. The van der Waals surface area contributed by atoms with Gasteiger partial charge in [0.15, 0.2) is 0 Å². The second-order valence-corrected chi connectivity index (χ2v) is 1.94. The minimum absolute atomic E-state index is 0.0185. The Kier molecular flexibility index (Phi) is 3.45. The fourth-order valence-corrected chi connectivity index (χ4v) is 0.439. The summed E-state index contributed by atoms with van der Waals surface area (Å²) in [6.45, 7) is 6.19. The van der Waals surface area contributed by atoms with Gasteiger partial charge in [-0.25, -0.2) is 4.39 Å². The minimum atomic E-state index is -0.693. The van der Waals surface area contributed by atoms with Gasteiger partial charge in [-0.2, -0.15) is 5.26 Å². The van der Waals surface area contributed by atoms with E-state index in [-0.39, 0.29) is 10.6 Å². The normalized spacial score (nSPS) is 10.3. The molecule has 52 valence electrons. The lowest BCUT2D eigenvalue weighted by atomic mass is 10.3. The van der Waals surface area contributed by atoms with Gasteiger partial charge in [0.05, 0.1) is 10.6 Å². The van der Waals surface area contributed by atoms with Crippen molar-refractivity contribution in [1.82, 2.24) is 0 Å². The van der Waals surface area contributed by atoms with Crippen LogP contribution in [0.3, 0.4) is 0 Å². The Bertz CT molecular complexity index is 234. The van der Waals surface area contributed by atoms with Gasteiger partial charge in [0.1, 0.15) is 11.9 Å². The molecule has 0 spiro atoms. The summed E-state index contributed by atoms with van der Waals surface area (Å²) in [4.78, 5) is 0. The Balaban J connectivity index is 4.38. The van der Waals surface area contributed by atoms with E-state index in [0.29, 0.717) is 0 Å². The molecule has 0 amide bonds. The molecule has 0 saturated carbocycles. The lowest BCUT2D eigenvalue weighted by Gasteiger charge is -1.89. The van der Waals surface area contributed by atoms with Crippen LogP contribution in [0.5, 0.6) is 0 Å². The van der Waals surface area contributed by atoms with Gasteiger partial charge in [-0.1, -0.05) is 24.8 Å². The van der Waals surface area contributed by atoms with Gasteiger partial charge in [0.2, 0.25) is 0 Å². The average molecular weight is 158 g/mol. The quantitative estimate of drug-likeness (QED) is 0.447. The van der Waals surface area contributed by atoms with Crippen LogP contribution in [-0.2, 0) is 0 Å². The maximum absolute atomic E-state index is 11.9. The summed E-state index contributed by atoms with van der Waals surface area (Å²) in [6, 6.07) is 1.67. The van der Waals surface area contributed by atoms with Crippen molar-refractivity contribution in [3.63, 3.8) is 0 Å². The van der Waals surface area contributed by atoms with Crippen molar-refractivity contribution in [2.75, 3.05) is 0 Å². The molecular weight excluding hydrogens is 153 g/mol. The number of hydrogen-bond donors (Lipinski definition) is 0. The Labute approximate surface area is 63.7 Å². The Morgan fingerprint density at radius 2 is 2.10 bits per heavy atom. The third-order valence-corrected chi connectivity index (χ3v) is 1.04. The molecule has 0 fully saturated rings. The van der Waals surface area contributed by atoms with E-state index in [0.717, 1.165) is 6.08 Å². The second-order valence-electron chi connectivity index (χ2n) is 1.53. The first-order valence-corrected chi connectivity index (χ1v) is 2.76. The second kappa shape index (κ2) is 3.86. The SMILES string of the molecule is C=C(F)/C=C(/Cl)C(=C)C#N. The molecule has 0 aliphatic carbocycles. The fourth-order valence-electron chi connectivity index (χ4n) is 0.278. The van der Waals surface area contributed by atoms with Crippen molar-refractivity contribution in [2.45, 2.75) is 0 Å². The molecule has 0 radical (unpaired) electrons. The van der Waals surface area contributed by atoms with Crippen molar-refractivity contribution in [3.05, 3.63) is 35.7 Å². The first-order valence-electron chi connectivity index (χ1n) is 2.39. The van der Waals surface area contributed by atoms with E-state index in [9.17, 15) is 4.39 Å². The molecule has 0 saturated heterocycles. The van der Waals surface area contributed by atoms with Crippen LogP contribution in [0.15, 0.2) is 35.7 Å². The minimum Gasteiger partial charge on any atom is -0.208 e. The number of rotatable bonds is 2. The fraction of sp³-hybridized carbons (Fsp3) is 0. The highest BCUT2D eigenvalue weighted by molar-refractivity contribution is 6.32. The highest BCUT2D eigenvalue weighted by Gasteiger charge is 1.96. The number of nitriles is 1. The summed E-state index contributed by atoms with van der Waals surface area (Å²) in [7, 11) is 0. The zero-order valence-corrected chi connectivity index (χ0v) is 5.95. The van der Waals surface area contributed by atoms with Crippen LogP contribution in [0.2, 0.25) is 0 Å². The van der Waals surface area contributed by atoms with Crippen LogP contribution in [0.25, 0.3) is 0 Å². The number of hydrogen-bond acceptors (Lipinski definition) is 1. The van der Waals surface area contributed by atoms with Gasteiger partial charge < -0.3 is 0 Å². The van der Waals surface area contributed by atoms with E-state index in [1.54, 1.807) is 6.07 Å². The van der Waals surface area contributed by atoms with E-state index in [1.807, 2.05) is 0 Å². The molecule has 0 aromatic carbocycles. The van der Waals surface area contributed by atoms with Gasteiger partial charge in [-0.3, -0.25) is 0 Å². The van der Waals surface area contributed by atoms with Crippen molar-refractivity contribution in [1.29, 1.82) is 5.26 Å². The summed E-state index contributed by atoms with van der Waals surface area (Å²) in [5, 5.41) is 8.17. The molecule has 0 aliphatic rings. The van der Waals surface area contributed by atoms with Gasteiger partial charge in [-0.15, -0.1) is 0 Å². The van der Waals surface area contributed by atoms with Crippen LogP contribution >= 0.6 is 11.6 Å². The van der Waals surface area contributed by atoms with Crippen molar-refractivity contribution >= 4 is 11.6 Å². The third-order valence-electron chi connectivity index (χ3n) is 0.707. The molecule has 10 heavy (non-hydrogen) atoms. The van der Waals surface area contributed by atoms with Gasteiger partial charge in [0.25, 0.3) is 0 Å². The molecule has 0 bridgehead atoms. The molecular formula is C7H5ClFN. The molecule has 0 aromatic heterocycles. The molecule has 1 nitrogen and oxygen atoms in total. The molecule has 0 heterocycles. The zero-order chi connectivity index (χ0) is 8.15. The maximum Gasteiger partial charge on any atom is 0.117 e. The third kappa shape index (κ3) is 3.06. The first-order chi connectivity index (χ1) is 4.57. The van der Waals surface area contributed by atoms with E-state index >= 15 is 0 Å². The molecule has 0 aliphatic heterocycles. The van der Waals surface area contributed by atoms with Gasteiger partial charge in [0, 0.05) is 0 Å². The predicted molar refractivity (Wildman–Crippen MR) is 38.9 cm³/mol. The number of allylic oxidation sites excluding steroid dienone is 4. The van der Waals surface area contributed by atoms with Crippen LogP contribution in [0.1, 0.15) is 0 Å². The maximum atomic E-state index is 11.9. The Hall–Kier alpha value is -1.07. The summed E-state index contributed by atoms with van der Waals surface area (Å²) in [6.07, 6.45) is 0.938. The summed E-state index contributed by atoms with van der Waals surface area (Å²) < 4.78 is 11.9.